The van der Waals surface area contributed by atoms with Crippen molar-refractivity contribution in [3.05, 3.63) is 86.7 Å². The van der Waals surface area contributed by atoms with Gasteiger partial charge >= 0.3 is 0 Å². The van der Waals surface area contributed by atoms with E-state index >= 15 is 0 Å². The molecule has 1 N–H and O–H groups in total. The molecule has 0 aliphatic rings. The summed E-state index contributed by atoms with van der Waals surface area (Å²) in [7, 11) is 0. The number of amides is 1. The Labute approximate surface area is 187 Å². The number of carbonyl (C=O) groups excluding carboxylic acids is 1. The average Bonchev–Trinajstić information content (AvgIpc) is 2.95. The summed E-state index contributed by atoms with van der Waals surface area (Å²) >= 11 is 12.4. The van der Waals surface area contributed by atoms with Gasteiger partial charge in [-0.05, 0) is 61.2 Å². The fourth-order valence-electron chi connectivity index (χ4n) is 3.30. The van der Waals surface area contributed by atoms with Crippen LogP contribution in [0.15, 0.2) is 53.6 Å². The zero-order valence-corrected chi connectivity index (χ0v) is 19.3. The lowest BCUT2D eigenvalue weighted by Gasteiger charge is -2.18. The summed E-state index contributed by atoms with van der Waals surface area (Å²) in [5.74, 6) is -0.249. The smallest absolute Gasteiger partial charge is 0.271 e. The molecule has 0 fully saturated rings. The topological polar surface area (TPSA) is 46.4 Å². The normalized spacial score (nSPS) is 11.8. The second kappa shape index (κ2) is 8.66. The zero-order chi connectivity index (χ0) is 22.1. The first-order chi connectivity index (χ1) is 14.1. The first kappa shape index (κ1) is 22.1. The Hall–Kier alpha value is -2.56. The molecule has 1 heterocycles. The molecule has 1 amide bonds. The first-order valence-corrected chi connectivity index (χ1v) is 10.4. The van der Waals surface area contributed by atoms with E-state index in [0.29, 0.717) is 15.6 Å². The summed E-state index contributed by atoms with van der Waals surface area (Å²) in [6, 6.07) is 15.0. The Morgan fingerprint density at radius 1 is 1.03 bits per heavy atom. The molecule has 0 saturated carbocycles. The van der Waals surface area contributed by atoms with E-state index in [0.717, 1.165) is 22.6 Å². The maximum Gasteiger partial charge on any atom is 0.271 e. The van der Waals surface area contributed by atoms with E-state index in [1.165, 1.54) is 5.56 Å². The van der Waals surface area contributed by atoms with Crippen molar-refractivity contribution in [2.45, 2.75) is 40.0 Å². The van der Waals surface area contributed by atoms with Crippen LogP contribution in [-0.2, 0) is 5.41 Å². The van der Waals surface area contributed by atoms with Gasteiger partial charge in [0, 0.05) is 27.5 Å². The van der Waals surface area contributed by atoms with Gasteiger partial charge in [0.15, 0.2) is 0 Å². The molecule has 0 aliphatic carbocycles. The van der Waals surface area contributed by atoms with E-state index in [1.807, 2.05) is 54.8 Å². The van der Waals surface area contributed by atoms with Crippen LogP contribution in [0.5, 0.6) is 0 Å². The van der Waals surface area contributed by atoms with Gasteiger partial charge in [-0.15, -0.1) is 0 Å². The van der Waals surface area contributed by atoms with E-state index in [-0.39, 0.29) is 11.3 Å². The Bertz CT molecular complexity index is 1110. The number of aryl methyl sites for hydroxylation is 1. The average molecular weight is 442 g/mol. The summed E-state index contributed by atoms with van der Waals surface area (Å²) < 4.78 is 2.03. The van der Waals surface area contributed by atoms with E-state index in [4.69, 9.17) is 23.2 Å². The second-order valence-electron chi connectivity index (χ2n) is 8.28. The van der Waals surface area contributed by atoms with Crippen molar-refractivity contribution >= 4 is 35.3 Å². The number of hydrazone groups is 1. The third-order valence-electron chi connectivity index (χ3n) is 5.00. The highest BCUT2D eigenvalue weighted by Crippen LogP contribution is 2.28. The molecule has 1 aromatic heterocycles. The number of benzene rings is 2. The van der Waals surface area contributed by atoms with Gasteiger partial charge in [0.25, 0.3) is 5.91 Å². The number of nitrogens with zero attached hydrogens (tertiary/aromatic N) is 2. The third-order valence-corrected chi connectivity index (χ3v) is 5.54. The minimum Gasteiger partial charge on any atom is -0.316 e. The fraction of sp³-hybridized carbons (Fsp3) is 0.250. The second-order valence-corrected chi connectivity index (χ2v) is 9.13. The quantitative estimate of drug-likeness (QED) is 0.366. The van der Waals surface area contributed by atoms with Crippen LogP contribution in [0, 0.1) is 13.8 Å². The molecular weight excluding hydrogens is 417 g/mol. The van der Waals surface area contributed by atoms with Gasteiger partial charge in [0.1, 0.15) is 0 Å². The number of halogens is 2. The Morgan fingerprint density at radius 3 is 2.30 bits per heavy atom. The molecule has 3 rings (SSSR count). The largest absolute Gasteiger partial charge is 0.316 e. The summed E-state index contributed by atoms with van der Waals surface area (Å²) in [4.78, 5) is 12.4. The number of rotatable bonds is 4. The molecule has 0 aliphatic heterocycles. The molecule has 0 spiro atoms. The molecule has 6 heteroatoms. The summed E-state index contributed by atoms with van der Waals surface area (Å²) in [5, 5.41) is 5.30. The van der Waals surface area contributed by atoms with Crippen molar-refractivity contribution in [1.82, 2.24) is 9.99 Å². The van der Waals surface area contributed by atoms with E-state index in [1.54, 1.807) is 18.3 Å². The zero-order valence-electron chi connectivity index (χ0n) is 17.8. The standard InChI is InChI=1S/C24H25Cl2N3O/c1-15-12-18(16(2)29(15)22-11-10-20(25)13-21(22)26)14-27-28-23(30)17-6-8-19(9-7-17)24(3,4)5/h6-14H,1-5H3,(H,28,30)/b27-14-. The molecule has 0 bridgehead atoms. The van der Waals surface area contributed by atoms with E-state index < -0.39 is 0 Å². The Morgan fingerprint density at radius 2 is 1.70 bits per heavy atom. The van der Waals surface area contributed by atoms with Crippen molar-refractivity contribution in [3.8, 4) is 5.69 Å². The van der Waals surface area contributed by atoms with Gasteiger partial charge in [-0.25, -0.2) is 5.43 Å². The number of hydrogen-bond acceptors (Lipinski definition) is 2. The monoisotopic (exact) mass is 441 g/mol. The Balaban J connectivity index is 1.76. The van der Waals surface area contributed by atoms with Crippen LogP contribution in [0.3, 0.4) is 0 Å². The van der Waals surface area contributed by atoms with Crippen LogP contribution in [0.1, 0.15) is 53.6 Å². The minimum absolute atomic E-state index is 0.0443. The van der Waals surface area contributed by atoms with Crippen LogP contribution in [-0.4, -0.2) is 16.7 Å². The molecule has 2 aromatic carbocycles. The van der Waals surface area contributed by atoms with Gasteiger partial charge in [0.05, 0.1) is 16.9 Å². The minimum atomic E-state index is -0.249. The maximum atomic E-state index is 12.4. The number of carbonyl (C=O) groups is 1. The highest BCUT2D eigenvalue weighted by molar-refractivity contribution is 6.35. The number of aromatic nitrogens is 1. The highest BCUT2D eigenvalue weighted by Gasteiger charge is 2.15. The highest BCUT2D eigenvalue weighted by atomic mass is 35.5. The van der Waals surface area contributed by atoms with Gasteiger partial charge in [0.2, 0.25) is 0 Å². The van der Waals surface area contributed by atoms with E-state index in [9.17, 15) is 4.79 Å². The van der Waals surface area contributed by atoms with Crippen LogP contribution in [0.4, 0.5) is 0 Å². The predicted octanol–water partition coefficient (Wildman–Crippen LogP) is 6.46. The lowest BCUT2D eigenvalue weighted by atomic mass is 9.87. The van der Waals surface area contributed by atoms with Crippen LogP contribution >= 0.6 is 23.2 Å². The van der Waals surface area contributed by atoms with Crippen LogP contribution in [0.25, 0.3) is 5.69 Å². The molecule has 0 atom stereocenters. The van der Waals surface area contributed by atoms with Crippen LogP contribution in [0.2, 0.25) is 10.0 Å². The fourth-order valence-corrected chi connectivity index (χ4v) is 3.79. The van der Waals surface area contributed by atoms with Crippen molar-refractivity contribution in [3.63, 3.8) is 0 Å². The van der Waals surface area contributed by atoms with Gasteiger partial charge in [-0.3, -0.25) is 4.79 Å². The third kappa shape index (κ3) is 4.77. The molecule has 4 nitrogen and oxygen atoms in total. The molecular formula is C24H25Cl2N3O. The van der Waals surface area contributed by atoms with Gasteiger partial charge in [-0.1, -0.05) is 56.1 Å². The van der Waals surface area contributed by atoms with Gasteiger partial charge in [-0.2, -0.15) is 5.10 Å². The van der Waals surface area contributed by atoms with E-state index in [2.05, 4.69) is 31.3 Å². The van der Waals surface area contributed by atoms with Crippen molar-refractivity contribution < 1.29 is 4.79 Å². The molecule has 0 unspecified atom stereocenters. The number of nitrogens with one attached hydrogen (secondary N) is 1. The number of hydrogen-bond donors (Lipinski definition) is 1. The summed E-state index contributed by atoms with van der Waals surface area (Å²) in [6.45, 7) is 10.4. The molecule has 156 valence electrons. The maximum absolute atomic E-state index is 12.4. The van der Waals surface area contributed by atoms with Crippen molar-refractivity contribution in [2.24, 2.45) is 5.10 Å². The lowest BCUT2D eigenvalue weighted by molar-refractivity contribution is 0.0955. The first-order valence-electron chi connectivity index (χ1n) is 9.66. The molecule has 3 aromatic rings. The SMILES string of the molecule is Cc1cc(/C=N\NC(=O)c2ccc(C(C)(C)C)cc2)c(C)n1-c1ccc(Cl)cc1Cl. The molecule has 30 heavy (non-hydrogen) atoms. The van der Waals surface area contributed by atoms with Crippen molar-refractivity contribution in [2.75, 3.05) is 0 Å². The summed E-state index contributed by atoms with van der Waals surface area (Å²) in [5.41, 5.74) is 8.09. The van der Waals surface area contributed by atoms with Crippen molar-refractivity contribution in [1.29, 1.82) is 0 Å². The Kier molecular flexibility index (Phi) is 6.39. The summed E-state index contributed by atoms with van der Waals surface area (Å²) in [6.07, 6.45) is 1.64. The van der Waals surface area contributed by atoms with Crippen LogP contribution < -0.4 is 5.43 Å². The predicted molar refractivity (Wildman–Crippen MR) is 125 cm³/mol. The molecule has 0 saturated heterocycles. The van der Waals surface area contributed by atoms with Gasteiger partial charge < -0.3 is 4.57 Å². The lowest BCUT2D eigenvalue weighted by Crippen LogP contribution is -2.18. The molecule has 0 radical (unpaired) electrons.